The number of nitrogens with zero attached hydrogens (tertiary/aromatic N) is 3. The predicted molar refractivity (Wildman–Crippen MR) is 103 cm³/mol. The van der Waals surface area contributed by atoms with E-state index < -0.39 is 5.92 Å². The monoisotopic (exact) mass is 390 g/mol. The first-order chi connectivity index (χ1) is 12.6. The maximum atomic E-state index is 12.5. The van der Waals surface area contributed by atoms with Crippen molar-refractivity contribution in [2.75, 3.05) is 29.6 Å². The lowest BCUT2D eigenvalue weighted by Crippen LogP contribution is -2.28. The number of anilines is 2. The van der Waals surface area contributed by atoms with E-state index in [0.717, 1.165) is 10.1 Å². The van der Waals surface area contributed by atoms with Crippen molar-refractivity contribution in [3.63, 3.8) is 0 Å². The van der Waals surface area contributed by atoms with Crippen molar-refractivity contribution in [2.24, 2.45) is 5.92 Å². The van der Waals surface area contributed by atoms with Crippen LogP contribution in [0.5, 0.6) is 5.75 Å². The van der Waals surface area contributed by atoms with Crippen LogP contribution in [0.25, 0.3) is 0 Å². The number of benzene rings is 1. The molecule has 1 N–H and O–H groups in total. The Morgan fingerprint density at radius 1 is 1.50 bits per heavy atom. The molecule has 2 aromatic rings. The van der Waals surface area contributed by atoms with Gasteiger partial charge in [-0.25, -0.2) is 0 Å². The fourth-order valence-corrected chi connectivity index (χ4v) is 4.14. The van der Waals surface area contributed by atoms with E-state index in [9.17, 15) is 9.59 Å². The Morgan fingerprint density at radius 2 is 2.31 bits per heavy atom. The van der Waals surface area contributed by atoms with Gasteiger partial charge in [-0.3, -0.25) is 9.59 Å². The first-order valence-electron chi connectivity index (χ1n) is 7.93. The molecule has 1 aliphatic heterocycles. The zero-order valence-electron chi connectivity index (χ0n) is 14.2. The molecule has 0 spiro atoms. The van der Waals surface area contributed by atoms with Crippen LogP contribution < -0.4 is 15.0 Å². The molecule has 136 valence electrons. The highest BCUT2D eigenvalue weighted by atomic mass is 32.2. The molecule has 0 radical (unpaired) electrons. The molecule has 1 saturated heterocycles. The van der Waals surface area contributed by atoms with Gasteiger partial charge in [-0.2, -0.15) is 0 Å². The number of aromatic nitrogens is 2. The van der Waals surface area contributed by atoms with Gasteiger partial charge < -0.3 is 15.0 Å². The second-order valence-corrected chi connectivity index (χ2v) is 7.78. The van der Waals surface area contributed by atoms with Gasteiger partial charge in [-0.1, -0.05) is 41.3 Å². The summed E-state index contributed by atoms with van der Waals surface area (Å²) in [5.74, 6) is 0.560. The summed E-state index contributed by atoms with van der Waals surface area (Å²) in [7, 11) is 1.56. The van der Waals surface area contributed by atoms with Gasteiger partial charge in [0.15, 0.2) is 4.34 Å². The van der Waals surface area contributed by atoms with Crippen LogP contribution in [0.4, 0.5) is 10.8 Å². The number of hydrogen-bond donors (Lipinski definition) is 1. The van der Waals surface area contributed by atoms with Gasteiger partial charge in [-0.05, 0) is 12.1 Å². The van der Waals surface area contributed by atoms with Crippen LogP contribution in [0.1, 0.15) is 6.42 Å². The maximum Gasteiger partial charge on any atom is 0.231 e. The van der Waals surface area contributed by atoms with Crippen LogP contribution in [-0.4, -0.2) is 41.4 Å². The fourth-order valence-electron chi connectivity index (χ4n) is 2.63. The van der Waals surface area contributed by atoms with E-state index >= 15 is 0 Å². The normalized spacial score (nSPS) is 16.6. The molecule has 1 aromatic carbocycles. The number of ether oxygens (including phenoxy) is 1. The summed E-state index contributed by atoms with van der Waals surface area (Å²) in [4.78, 5) is 26.5. The largest absolute Gasteiger partial charge is 0.495 e. The number of thioether (sulfide) groups is 1. The molecule has 0 unspecified atom stereocenters. The Bertz CT molecular complexity index is 824. The van der Waals surface area contributed by atoms with Gasteiger partial charge >= 0.3 is 0 Å². The molecule has 0 saturated carbocycles. The van der Waals surface area contributed by atoms with E-state index in [-0.39, 0.29) is 18.2 Å². The molecule has 0 aliphatic carbocycles. The van der Waals surface area contributed by atoms with Gasteiger partial charge in [-0.15, -0.1) is 16.8 Å². The van der Waals surface area contributed by atoms with Crippen molar-refractivity contribution in [3.8, 4) is 5.75 Å². The van der Waals surface area contributed by atoms with Crippen molar-refractivity contribution >= 4 is 45.7 Å². The van der Waals surface area contributed by atoms with Gasteiger partial charge in [0.25, 0.3) is 0 Å². The number of para-hydroxylation sites is 2. The summed E-state index contributed by atoms with van der Waals surface area (Å²) in [6.07, 6.45) is 1.93. The highest BCUT2D eigenvalue weighted by Gasteiger charge is 2.36. The van der Waals surface area contributed by atoms with Crippen molar-refractivity contribution in [1.82, 2.24) is 10.2 Å². The van der Waals surface area contributed by atoms with Gasteiger partial charge in [0, 0.05) is 18.7 Å². The second kappa shape index (κ2) is 8.33. The van der Waals surface area contributed by atoms with Crippen molar-refractivity contribution in [3.05, 3.63) is 36.9 Å². The summed E-state index contributed by atoms with van der Waals surface area (Å²) in [6.45, 7) is 3.96. The van der Waals surface area contributed by atoms with E-state index in [2.05, 4.69) is 22.1 Å². The number of rotatable bonds is 7. The lowest BCUT2D eigenvalue weighted by atomic mass is 10.1. The molecule has 1 atom stereocenters. The number of amides is 2. The van der Waals surface area contributed by atoms with Crippen LogP contribution in [0.2, 0.25) is 0 Å². The van der Waals surface area contributed by atoms with E-state index in [1.165, 1.54) is 23.1 Å². The third-order valence-corrected chi connectivity index (χ3v) is 5.80. The zero-order valence-corrected chi connectivity index (χ0v) is 15.8. The van der Waals surface area contributed by atoms with Crippen molar-refractivity contribution in [1.29, 1.82) is 0 Å². The van der Waals surface area contributed by atoms with Crippen LogP contribution >= 0.6 is 23.1 Å². The summed E-state index contributed by atoms with van der Waals surface area (Å²) < 4.78 is 6.07. The molecule has 3 rings (SSSR count). The standard InChI is InChI=1S/C17H18N4O3S2/c1-3-8-25-17-20-19-16(26-17)18-15(23)11-9-14(22)21(10-11)12-6-4-5-7-13(12)24-2/h3-7,11H,1,8-10H2,2H3,(H,18,19,23)/t11-/m1/s1. The quantitative estimate of drug-likeness (QED) is 0.445. The Hall–Kier alpha value is -2.39. The average molecular weight is 390 g/mol. The Labute approximate surface area is 159 Å². The van der Waals surface area contributed by atoms with E-state index in [4.69, 9.17) is 4.74 Å². The van der Waals surface area contributed by atoms with Gasteiger partial charge in [0.05, 0.1) is 18.7 Å². The van der Waals surface area contributed by atoms with Crippen molar-refractivity contribution in [2.45, 2.75) is 10.8 Å². The van der Waals surface area contributed by atoms with Gasteiger partial charge in [0.1, 0.15) is 5.75 Å². The van der Waals surface area contributed by atoms with Crippen LogP contribution in [0.3, 0.4) is 0 Å². The molecular weight excluding hydrogens is 372 g/mol. The maximum absolute atomic E-state index is 12.5. The molecule has 1 aliphatic rings. The first kappa shape index (κ1) is 18.4. The molecule has 9 heteroatoms. The number of carbonyl (C=O) groups excluding carboxylic acids is 2. The summed E-state index contributed by atoms with van der Waals surface area (Å²) in [6, 6.07) is 7.28. The number of carbonyl (C=O) groups is 2. The topological polar surface area (TPSA) is 84.4 Å². The van der Waals surface area contributed by atoms with Crippen LogP contribution in [-0.2, 0) is 9.59 Å². The van der Waals surface area contributed by atoms with Crippen LogP contribution in [0, 0.1) is 5.92 Å². The third kappa shape index (κ3) is 4.05. The molecule has 1 fully saturated rings. The lowest BCUT2D eigenvalue weighted by molar-refractivity contribution is -0.122. The predicted octanol–water partition coefficient (Wildman–Crippen LogP) is 2.82. The van der Waals surface area contributed by atoms with Gasteiger partial charge in [0.2, 0.25) is 16.9 Å². The summed E-state index contributed by atoms with van der Waals surface area (Å²) >= 11 is 2.81. The first-order valence-corrected chi connectivity index (χ1v) is 9.74. The zero-order chi connectivity index (χ0) is 18.5. The molecule has 2 heterocycles. The molecule has 0 bridgehead atoms. The Kier molecular flexibility index (Phi) is 5.89. The number of methoxy groups -OCH3 is 1. The lowest BCUT2D eigenvalue weighted by Gasteiger charge is -2.19. The Balaban J connectivity index is 1.65. The number of nitrogens with one attached hydrogen (secondary N) is 1. The average Bonchev–Trinajstić information content (AvgIpc) is 3.26. The van der Waals surface area contributed by atoms with E-state index in [1.54, 1.807) is 24.2 Å². The SMILES string of the molecule is C=CCSc1nnc(NC(=O)[C@@H]2CC(=O)N(c3ccccc3OC)C2)s1. The molecule has 2 amide bonds. The minimum Gasteiger partial charge on any atom is -0.495 e. The fraction of sp³-hybridized carbons (Fsp3) is 0.294. The van der Waals surface area contributed by atoms with E-state index in [0.29, 0.717) is 23.1 Å². The minimum atomic E-state index is -0.444. The molecule has 7 nitrogen and oxygen atoms in total. The smallest absolute Gasteiger partial charge is 0.231 e. The highest BCUT2D eigenvalue weighted by Crippen LogP contribution is 2.33. The highest BCUT2D eigenvalue weighted by molar-refractivity contribution is 8.01. The summed E-state index contributed by atoms with van der Waals surface area (Å²) in [5, 5.41) is 11.2. The molecular formula is C17H18N4O3S2. The van der Waals surface area contributed by atoms with E-state index in [1.807, 2.05) is 18.2 Å². The summed E-state index contributed by atoms with van der Waals surface area (Å²) in [5.41, 5.74) is 0.675. The minimum absolute atomic E-state index is 0.103. The molecule has 1 aromatic heterocycles. The Morgan fingerprint density at radius 3 is 3.08 bits per heavy atom. The number of hydrogen-bond acceptors (Lipinski definition) is 7. The second-order valence-electron chi connectivity index (χ2n) is 5.54. The van der Waals surface area contributed by atoms with Crippen molar-refractivity contribution < 1.29 is 14.3 Å². The van der Waals surface area contributed by atoms with Crippen LogP contribution in [0.15, 0.2) is 41.3 Å². The third-order valence-electron chi connectivity index (χ3n) is 3.83. The molecule has 26 heavy (non-hydrogen) atoms.